The molecule has 162 valence electrons. The minimum atomic E-state index is -0.795. The van der Waals surface area contributed by atoms with Gasteiger partial charge in [0, 0.05) is 10.6 Å². The fraction of sp³-hybridized carbons (Fsp3) is 0.636. The molecule has 0 spiro atoms. The first-order valence-electron chi connectivity index (χ1n) is 10.5. The summed E-state index contributed by atoms with van der Waals surface area (Å²) in [6.07, 6.45) is 4.72. The molecule has 6 nitrogen and oxygen atoms in total. The lowest BCUT2D eigenvalue weighted by Gasteiger charge is -2.33. The number of amides is 2. The van der Waals surface area contributed by atoms with Crippen LogP contribution in [0.5, 0.6) is 0 Å². The van der Waals surface area contributed by atoms with Crippen molar-refractivity contribution < 1.29 is 19.8 Å². The SMILES string of the molecule is CC(C)CC(NC(=O)c1ccc(Cl)cc1)C(=O)NC(CO)C(O)C1CCCCC1. The predicted molar refractivity (Wildman–Crippen MR) is 114 cm³/mol. The van der Waals surface area contributed by atoms with Crippen molar-refractivity contribution in [3.63, 3.8) is 0 Å². The Morgan fingerprint density at radius 3 is 2.28 bits per heavy atom. The number of aliphatic hydroxyl groups is 2. The number of aliphatic hydroxyl groups excluding tert-OH is 2. The van der Waals surface area contributed by atoms with Crippen LogP contribution in [0.15, 0.2) is 24.3 Å². The standard InChI is InChI=1S/C22H33ClN2O4/c1-14(2)12-18(24-21(28)16-8-10-17(23)11-9-16)22(29)25-19(13-26)20(27)15-6-4-3-5-7-15/h8-11,14-15,18-20,26-27H,3-7,12-13H2,1-2H3,(H,24,28)(H,25,29). The summed E-state index contributed by atoms with van der Waals surface area (Å²) in [6, 6.07) is 4.95. The number of rotatable bonds is 9. The van der Waals surface area contributed by atoms with Gasteiger partial charge in [0.1, 0.15) is 6.04 Å². The highest BCUT2D eigenvalue weighted by atomic mass is 35.5. The second-order valence-electron chi connectivity index (χ2n) is 8.35. The van der Waals surface area contributed by atoms with Crippen LogP contribution in [-0.4, -0.2) is 46.8 Å². The zero-order chi connectivity index (χ0) is 21.4. The van der Waals surface area contributed by atoms with E-state index in [1.165, 1.54) is 0 Å². The highest BCUT2D eigenvalue weighted by molar-refractivity contribution is 6.30. The molecule has 0 aromatic heterocycles. The molecule has 3 unspecified atom stereocenters. The van der Waals surface area contributed by atoms with Crippen LogP contribution in [0.3, 0.4) is 0 Å². The van der Waals surface area contributed by atoms with Gasteiger partial charge in [-0.05, 0) is 55.4 Å². The second-order valence-corrected chi connectivity index (χ2v) is 8.79. The summed E-state index contributed by atoms with van der Waals surface area (Å²) >= 11 is 5.87. The van der Waals surface area contributed by atoms with Crippen molar-refractivity contribution in [1.82, 2.24) is 10.6 Å². The zero-order valence-electron chi connectivity index (χ0n) is 17.2. The van der Waals surface area contributed by atoms with Gasteiger partial charge in [-0.3, -0.25) is 9.59 Å². The first-order chi connectivity index (χ1) is 13.8. The van der Waals surface area contributed by atoms with E-state index >= 15 is 0 Å². The molecule has 2 amide bonds. The normalized spacial score (nSPS) is 18.1. The third kappa shape index (κ3) is 7.28. The third-order valence-electron chi connectivity index (χ3n) is 5.50. The number of halogens is 1. The zero-order valence-corrected chi connectivity index (χ0v) is 18.0. The fourth-order valence-corrected chi connectivity index (χ4v) is 4.00. The van der Waals surface area contributed by atoms with Crippen LogP contribution in [0.25, 0.3) is 0 Å². The van der Waals surface area contributed by atoms with Crippen LogP contribution in [0, 0.1) is 11.8 Å². The molecular weight excluding hydrogens is 392 g/mol. The van der Waals surface area contributed by atoms with Gasteiger partial charge in [-0.25, -0.2) is 0 Å². The molecule has 1 fully saturated rings. The molecule has 1 aromatic carbocycles. The highest BCUT2D eigenvalue weighted by Gasteiger charge is 2.32. The Labute approximate surface area is 178 Å². The maximum absolute atomic E-state index is 12.9. The first-order valence-corrected chi connectivity index (χ1v) is 10.8. The van der Waals surface area contributed by atoms with Crippen molar-refractivity contribution in [2.75, 3.05) is 6.61 Å². The molecule has 0 saturated heterocycles. The van der Waals surface area contributed by atoms with E-state index in [0.717, 1.165) is 32.1 Å². The molecule has 1 aliphatic carbocycles. The van der Waals surface area contributed by atoms with E-state index in [0.29, 0.717) is 17.0 Å². The Morgan fingerprint density at radius 1 is 1.10 bits per heavy atom. The van der Waals surface area contributed by atoms with E-state index < -0.39 is 24.1 Å². The molecule has 1 aliphatic rings. The second kappa shape index (κ2) is 11.5. The van der Waals surface area contributed by atoms with E-state index in [4.69, 9.17) is 11.6 Å². The van der Waals surface area contributed by atoms with Crippen LogP contribution in [0.1, 0.15) is 62.7 Å². The number of carbonyl (C=O) groups is 2. The minimum Gasteiger partial charge on any atom is -0.394 e. The lowest BCUT2D eigenvalue weighted by atomic mass is 9.82. The molecular formula is C22H33ClN2O4. The molecule has 0 heterocycles. The Morgan fingerprint density at radius 2 is 1.72 bits per heavy atom. The summed E-state index contributed by atoms with van der Waals surface area (Å²) in [7, 11) is 0. The van der Waals surface area contributed by atoms with Gasteiger partial charge in [-0.15, -0.1) is 0 Å². The molecule has 0 bridgehead atoms. The number of benzene rings is 1. The van der Waals surface area contributed by atoms with Gasteiger partial charge in [-0.1, -0.05) is 44.7 Å². The van der Waals surface area contributed by atoms with Crippen LogP contribution < -0.4 is 10.6 Å². The quantitative estimate of drug-likeness (QED) is 0.489. The number of hydrogen-bond donors (Lipinski definition) is 4. The predicted octanol–water partition coefficient (Wildman–Crippen LogP) is 2.90. The monoisotopic (exact) mass is 424 g/mol. The maximum Gasteiger partial charge on any atom is 0.251 e. The Kier molecular flexibility index (Phi) is 9.40. The lowest BCUT2D eigenvalue weighted by molar-refractivity contribution is -0.126. The Bertz CT molecular complexity index is 659. The first kappa shape index (κ1) is 23.6. The highest BCUT2D eigenvalue weighted by Crippen LogP contribution is 2.27. The van der Waals surface area contributed by atoms with E-state index in [9.17, 15) is 19.8 Å². The average molecular weight is 425 g/mol. The van der Waals surface area contributed by atoms with E-state index in [2.05, 4.69) is 10.6 Å². The molecule has 29 heavy (non-hydrogen) atoms. The molecule has 0 radical (unpaired) electrons. The fourth-order valence-electron chi connectivity index (χ4n) is 3.87. The molecule has 3 atom stereocenters. The van der Waals surface area contributed by atoms with Gasteiger partial charge in [0.05, 0.1) is 18.8 Å². The van der Waals surface area contributed by atoms with Crippen LogP contribution in [0.2, 0.25) is 5.02 Å². The van der Waals surface area contributed by atoms with Gasteiger partial charge < -0.3 is 20.8 Å². The van der Waals surface area contributed by atoms with E-state index in [-0.39, 0.29) is 24.3 Å². The number of hydrogen-bond acceptors (Lipinski definition) is 4. The minimum absolute atomic E-state index is 0.0772. The van der Waals surface area contributed by atoms with Crippen LogP contribution >= 0.6 is 11.6 Å². The van der Waals surface area contributed by atoms with Gasteiger partial charge >= 0.3 is 0 Å². The van der Waals surface area contributed by atoms with Crippen molar-refractivity contribution in [3.8, 4) is 0 Å². The third-order valence-corrected chi connectivity index (χ3v) is 5.76. The molecule has 1 saturated carbocycles. The topological polar surface area (TPSA) is 98.7 Å². The molecule has 1 aromatic rings. The average Bonchev–Trinajstić information content (AvgIpc) is 2.71. The summed E-state index contributed by atoms with van der Waals surface area (Å²) in [4.78, 5) is 25.4. The summed E-state index contributed by atoms with van der Waals surface area (Å²) < 4.78 is 0. The van der Waals surface area contributed by atoms with Crippen molar-refractivity contribution in [3.05, 3.63) is 34.9 Å². The number of carbonyl (C=O) groups excluding carboxylic acids is 2. The van der Waals surface area contributed by atoms with Crippen LogP contribution in [-0.2, 0) is 4.79 Å². The van der Waals surface area contributed by atoms with E-state index in [1.807, 2.05) is 13.8 Å². The van der Waals surface area contributed by atoms with Crippen molar-refractivity contribution >= 4 is 23.4 Å². The van der Waals surface area contributed by atoms with E-state index in [1.54, 1.807) is 24.3 Å². The van der Waals surface area contributed by atoms with Gasteiger partial charge in [0.25, 0.3) is 5.91 Å². The van der Waals surface area contributed by atoms with Crippen LogP contribution in [0.4, 0.5) is 0 Å². The smallest absolute Gasteiger partial charge is 0.251 e. The van der Waals surface area contributed by atoms with Crippen molar-refractivity contribution in [2.45, 2.75) is 70.6 Å². The Balaban J connectivity index is 2.04. The van der Waals surface area contributed by atoms with Crippen molar-refractivity contribution in [1.29, 1.82) is 0 Å². The molecule has 0 aliphatic heterocycles. The summed E-state index contributed by atoms with van der Waals surface area (Å²) in [5, 5.41) is 26.5. The van der Waals surface area contributed by atoms with Gasteiger partial charge in [0.15, 0.2) is 0 Å². The van der Waals surface area contributed by atoms with Gasteiger partial charge in [0.2, 0.25) is 5.91 Å². The number of nitrogens with one attached hydrogen (secondary N) is 2. The van der Waals surface area contributed by atoms with Gasteiger partial charge in [-0.2, -0.15) is 0 Å². The Hall–Kier alpha value is -1.63. The molecule has 2 rings (SSSR count). The summed E-state index contributed by atoms with van der Waals surface area (Å²) in [6.45, 7) is 3.59. The summed E-state index contributed by atoms with van der Waals surface area (Å²) in [5.74, 6) is -0.508. The molecule has 4 N–H and O–H groups in total. The maximum atomic E-state index is 12.9. The largest absolute Gasteiger partial charge is 0.394 e. The lowest BCUT2D eigenvalue weighted by Crippen LogP contribution is -2.55. The molecule has 7 heteroatoms. The summed E-state index contributed by atoms with van der Waals surface area (Å²) in [5.41, 5.74) is 0.414. The van der Waals surface area contributed by atoms with Crippen molar-refractivity contribution in [2.24, 2.45) is 11.8 Å².